The highest BCUT2D eigenvalue weighted by Crippen LogP contribution is 2.24. The van der Waals surface area contributed by atoms with Gasteiger partial charge in [0.05, 0.1) is 0 Å². The predicted molar refractivity (Wildman–Crippen MR) is 61.6 cm³/mol. The van der Waals surface area contributed by atoms with Crippen molar-refractivity contribution >= 4 is 0 Å². The van der Waals surface area contributed by atoms with Crippen LogP contribution in [0.25, 0.3) is 0 Å². The summed E-state index contributed by atoms with van der Waals surface area (Å²) in [4.78, 5) is 0. The second kappa shape index (κ2) is 4.45. The molecular formula is C14H13FO. The van der Waals surface area contributed by atoms with Gasteiger partial charge in [0.2, 0.25) is 0 Å². The topological polar surface area (TPSA) is 20.2 Å². The molecule has 0 heterocycles. The average molecular weight is 216 g/mol. The Bertz CT molecular complexity index is 476. The number of rotatable bonds is 2. The van der Waals surface area contributed by atoms with Gasteiger partial charge in [-0.2, -0.15) is 0 Å². The molecule has 0 aliphatic heterocycles. The van der Waals surface area contributed by atoms with Crippen molar-refractivity contribution in [3.8, 4) is 0 Å². The van der Waals surface area contributed by atoms with Gasteiger partial charge in [-0.25, -0.2) is 4.39 Å². The summed E-state index contributed by atoms with van der Waals surface area (Å²) in [5.41, 5.74) is 2.59. The minimum atomic E-state index is -0.693. The molecule has 0 unspecified atom stereocenters. The molecular weight excluding hydrogens is 203 g/mol. The van der Waals surface area contributed by atoms with E-state index < -0.39 is 6.10 Å². The van der Waals surface area contributed by atoms with Crippen LogP contribution in [-0.4, -0.2) is 5.11 Å². The molecule has 1 atom stereocenters. The van der Waals surface area contributed by atoms with E-state index >= 15 is 0 Å². The molecule has 2 heteroatoms. The standard InChI is InChI=1S/C14H13FO/c1-10-4-2-3-5-13(10)14(16)11-6-8-12(15)9-7-11/h2-9,14,16H,1H3/t14-/m1/s1. The van der Waals surface area contributed by atoms with Crippen molar-refractivity contribution in [2.45, 2.75) is 13.0 Å². The highest BCUT2D eigenvalue weighted by molar-refractivity contribution is 5.34. The molecule has 2 rings (SSSR count). The summed E-state index contributed by atoms with van der Waals surface area (Å²) in [7, 11) is 0. The van der Waals surface area contributed by atoms with Crippen molar-refractivity contribution in [2.75, 3.05) is 0 Å². The Hall–Kier alpha value is -1.67. The van der Waals surface area contributed by atoms with Crippen LogP contribution >= 0.6 is 0 Å². The van der Waals surface area contributed by atoms with Crippen LogP contribution in [0.2, 0.25) is 0 Å². The Balaban J connectivity index is 2.35. The monoisotopic (exact) mass is 216 g/mol. The smallest absolute Gasteiger partial charge is 0.123 e. The number of hydrogen-bond donors (Lipinski definition) is 1. The zero-order chi connectivity index (χ0) is 11.5. The van der Waals surface area contributed by atoms with E-state index in [1.165, 1.54) is 12.1 Å². The Morgan fingerprint density at radius 2 is 1.62 bits per heavy atom. The van der Waals surface area contributed by atoms with E-state index in [4.69, 9.17) is 0 Å². The van der Waals surface area contributed by atoms with Crippen molar-refractivity contribution in [3.63, 3.8) is 0 Å². The van der Waals surface area contributed by atoms with Gasteiger partial charge in [0, 0.05) is 0 Å². The second-order valence-electron chi connectivity index (χ2n) is 3.81. The second-order valence-corrected chi connectivity index (χ2v) is 3.81. The highest BCUT2D eigenvalue weighted by atomic mass is 19.1. The van der Waals surface area contributed by atoms with Crippen LogP contribution in [0, 0.1) is 12.7 Å². The van der Waals surface area contributed by atoms with Crippen molar-refractivity contribution in [1.29, 1.82) is 0 Å². The van der Waals surface area contributed by atoms with Crippen LogP contribution in [0.3, 0.4) is 0 Å². The lowest BCUT2D eigenvalue weighted by atomic mass is 9.98. The van der Waals surface area contributed by atoms with Crippen LogP contribution in [0.1, 0.15) is 22.8 Å². The SMILES string of the molecule is Cc1ccccc1[C@H](O)c1ccc(F)cc1. The zero-order valence-corrected chi connectivity index (χ0v) is 9.02. The first-order valence-corrected chi connectivity index (χ1v) is 5.17. The molecule has 0 amide bonds. The Morgan fingerprint density at radius 1 is 1.00 bits per heavy atom. The van der Waals surface area contributed by atoms with E-state index in [2.05, 4.69) is 0 Å². The van der Waals surface area contributed by atoms with Crippen molar-refractivity contribution < 1.29 is 9.50 Å². The number of aliphatic hydroxyl groups excluding tert-OH is 1. The summed E-state index contributed by atoms with van der Waals surface area (Å²) in [5.74, 6) is -0.291. The molecule has 0 aliphatic rings. The van der Waals surface area contributed by atoms with Crippen molar-refractivity contribution in [1.82, 2.24) is 0 Å². The number of aryl methyl sites for hydroxylation is 1. The number of benzene rings is 2. The molecule has 82 valence electrons. The summed E-state index contributed by atoms with van der Waals surface area (Å²) >= 11 is 0. The maximum absolute atomic E-state index is 12.8. The molecule has 0 radical (unpaired) electrons. The minimum Gasteiger partial charge on any atom is -0.384 e. The molecule has 2 aromatic carbocycles. The summed E-state index contributed by atoms with van der Waals surface area (Å²) in [6, 6.07) is 13.6. The van der Waals surface area contributed by atoms with Crippen molar-refractivity contribution in [3.05, 3.63) is 71.0 Å². The maximum atomic E-state index is 12.8. The molecule has 16 heavy (non-hydrogen) atoms. The van der Waals surface area contributed by atoms with Crippen LogP contribution in [0.5, 0.6) is 0 Å². The molecule has 0 saturated carbocycles. The normalized spacial score (nSPS) is 12.4. The lowest BCUT2D eigenvalue weighted by molar-refractivity contribution is 0.219. The van der Waals surface area contributed by atoms with Gasteiger partial charge in [-0.3, -0.25) is 0 Å². The van der Waals surface area contributed by atoms with Gasteiger partial charge in [-0.05, 0) is 35.7 Å². The van der Waals surface area contributed by atoms with Gasteiger partial charge in [-0.1, -0.05) is 36.4 Å². The van der Waals surface area contributed by atoms with E-state index in [0.29, 0.717) is 5.56 Å². The Morgan fingerprint density at radius 3 is 2.25 bits per heavy atom. The van der Waals surface area contributed by atoms with Crippen LogP contribution in [0.15, 0.2) is 48.5 Å². The molecule has 0 spiro atoms. The van der Waals surface area contributed by atoms with E-state index in [9.17, 15) is 9.50 Å². The first-order chi connectivity index (χ1) is 7.68. The van der Waals surface area contributed by atoms with Crippen LogP contribution < -0.4 is 0 Å². The summed E-state index contributed by atoms with van der Waals surface area (Å²) in [5, 5.41) is 10.1. The lowest BCUT2D eigenvalue weighted by Gasteiger charge is -2.13. The summed E-state index contributed by atoms with van der Waals surface area (Å²) in [6.45, 7) is 1.95. The molecule has 1 N–H and O–H groups in total. The van der Waals surface area contributed by atoms with Gasteiger partial charge >= 0.3 is 0 Å². The van der Waals surface area contributed by atoms with E-state index in [1.807, 2.05) is 31.2 Å². The summed E-state index contributed by atoms with van der Waals surface area (Å²) < 4.78 is 12.8. The van der Waals surface area contributed by atoms with Crippen molar-refractivity contribution in [2.24, 2.45) is 0 Å². The molecule has 2 aromatic rings. The predicted octanol–water partition coefficient (Wildman–Crippen LogP) is 3.22. The number of halogens is 1. The first kappa shape index (κ1) is 10.8. The van der Waals surface area contributed by atoms with Gasteiger partial charge in [-0.15, -0.1) is 0 Å². The zero-order valence-electron chi connectivity index (χ0n) is 9.02. The molecule has 1 nitrogen and oxygen atoms in total. The molecule has 0 aliphatic carbocycles. The highest BCUT2D eigenvalue weighted by Gasteiger charge is 2.11. The Kier molecular flexibility index (Phi) is 3.02. The fraction of sp³-hybridized carbons (Fsp3) is 0.143. The maximum Gasteiger partial charge on any atom is 0.123 e. The third kappa shape index (κ3) is 2.12. The van der Waals surface area contributed by atoms with Gasteiger partial charge in [0.15, 0.2) is 0 Å². The van der Waals surface area contributed by atoms with Crippen LogP contribution in [0.4, 0.5) is 4.39 Å². The fourth-order valence-corrected chi connectivity index (χ4v) is 1.72. The number of aliphatic hydroxyl groups is 1. The minimum absolute atomic E-state index is 0.291. The third-order valence-corrected chi connectivity index (χ3v) is 2.67. The van der Waals surface area contributed by atoms with Crippen LogP contribution in [-0.2, 0) is 0 Å². The average Bonchev–Trinajstić information content (AvgIpc) is 2.30. The quantitative estimate of drug-likeness (QED) is 0.817. The Labute approximate surface area is 94.2 Å². The number of hydrogen-bond acceptors (Lipinski definition) is 1. The fourth-order valence-electron chi connectivity index (χ4n) is 1.72. The lowest BCUT2D eigenvalue weighted by Crippen LogP contribution is -2.01. The van der Waals surface area contributed by atoms with Gasteiger partial charge in [0.25, 0.3) is 0 Å². The molecule has 0 saturated heterocycles. The third-order valence-electron chi connectivity index (χ3n) is 2.67. The molecule has 0 aromatic heterocycles. The van der Waals surface area contributed by atoms with E-state index in [-0.39, 0.29) is 5.82 Å². The van der Waals surface area contributed by atoms with E-state index in [1.54, 1.807) is 12.1 Å². The molecule has 0 fully saturated rings. The van der Waals surface area contributed by atoms with E-state index in [0.717, 1.165) is 11.1 Å². The largest absolute Gasteiger partial charge is 0.384 e. The first-order valence-electron chi connectivity index (χ1n) is 5.17. The molecule has 0 bridgehead atoms. The van der Waals surface area contributed by atoms with Gasteiger partial charge < -0.3 is 5.11 Å². The summed E-state index contributed by atoms with van der Waals surface area (Å²) in [6.07, 6.45) is -0.693. The van der Waals surface area contributed by atoms with Gasteiger partial charge in [0.1, 0.15) is 11.9 Å².